The number of aromatic nitrogens is 2. The molecule has 0 bridgehead atoms. The molecule has 1 heterocycles. The molecule has 0 aromatic carbocycles. The Balaban J connectivity index is 2.99. The van der Waals surface area contributed by atoms with Crippen molar-refractivity contribution in [1.29, 1.82) is 0 Å². The lowest BCUT2D eigenvalue weighted by Crippen LogP contribution is -1.98. The summed E-state index contributed by atoms with van der Waals surface area (Å²) in [7, 11) is 0. The minimum atomic E-state index is 0.211. The van der Waals surface area contributed by atoms with E-state index < -0.39 is 0 Å². The van der Waals surface area contributed by atoms with E-state index in [1.807, 2.05) is 13.8 Å². The lowest BCUT2D eigenvalue weighted by molar-refractivity contribution is 0.958. The number of hydrogen-bond acceptors (Lipinski definition) is 4. The summed E-state index contributed by atoms with van der Waals surface area (Å²) >= 11 is 12.9. The molecule has 72 valence electrons. The van der Waals surface area contributed by atoms with Gasteiger partial charge in [0.25, 0.3) is 0 Å². The van der Waals surface area contributed by atoms with Gasteiger partial charge in [0.05, 0.1) is 0 Å². The lowest BCUT2D eigenvalue weighted by Gasteiger charge is -2.05. The van der Waals surface area contributed by atoms with Crippen LogP contribution in [0.3, 0.4) is 0 Å². The summed E-state index contributed by atoms with van der Waals surface area (Å²) in [5, 5.41) is 1.36. The van der Waals surface area contributed by atoms with Gasteiger partial charge in [-0.05, 0) is 0 Å². The third-order valence-electron chi connectivity index (χ3n) is 1.17. The van der Waals surface area contributed by atoms with Gasteiger partial charge < -0.3 is 5.73 Å². The summed E-state index contributed by atoms with van der Waals surface area (Å²) in [5.41, 5.74) is 5.72. The fraction of sp³-hybridized carbons (Fsp3) is 0.429. The maximum atomic E-state index is 5.73. The maximum Gasteiger partial charge on any atom is 0.190 e. The summed E-state index contributed by atoms with van der Waals surface area (Å²) < 4.78 is 0. The minimum Gasteiger partial charge on any atom is -0.394 e. The van der Waals surface area contributed by atoms with E-state index in [0.717, 1.165) is 0 Å². The van der Waals surface area contributed by atoms with Gasteiger partial charge in [-0.3, -0.25) is 0 Å². The van der Waals surface area contributed by atoms with Crippen LogP contribution in [-0.4, -0.2) is 15.2 Å². The van der Waals surface area contributed by atoms with Gasteiger partial charge in [0.15, 0.2) is 15.5 Å². The fourth-order valence-electron chi connectivity index (χ4n) is 0.662. The normalized spacial score (nSPS) is 10.8. The Morgan fingerprint density at radius 3 is 2.08 bits per heavy atom. The van der Waals surface area contributed by atoms with E-state index in [2.05, 4.69) is 9.97 Å². The summed E-state index contributed by atoms with van der Waals surface area (Å²) in [6, 6.07) is 0. The molecule has 3 nitrogen and oxygen atoms in total. The molecule has 1 aromatic rings. The zero-order chi connectivity index (χ0) is 10.0. The van der Waals surface area contributed by atoms with Crippen LogP contribution in [0.1, 0.15) is 13.8 Å². The molecule has 0 aliphatic carbocycles. The molecule has 0 spiro atoms. The standard InChI is InChI=1S/C7H9Cl2N3S/c1-3(2)13-7-11-5(8)4(10)6(9)12-7/h3H,10H2,1-2H3. The molecule has 0 saturated carbocycles. The smallest absolute Gasteiger partial charge is 0.190 e. The molecule has 1 aromatic heterocycles. The average molecular weight is 238 g/mol. The monoisotopic (exact) mass is 237 g/mol. The SMILES string of the molecule is CC(C)Sc1nc(Cl)c(N)c(Cl)n1. The molecule has 0 atom stereocenters. The predicted octanol–water partition coefficient (Wildman–Crippen LogP) is 2.87. The zero-order valence-electron chi connectivity index (χ0n) is 7.21. The van der Waals surface area contributed by atoms with Gasteiger partial charge in [0.2, 0.25) is 0 Å². The molecule has 0 saturated heterocycles. The Kier molecular flexibility index (Phi) is 3.64. The van der Waals surface area contributed by atoms with Crippen LogP contribution >= 0.6 is 35.0 Å². The second kappa shape index (κ2) is 4.35. The highest BCUT2D eigenvalue weighted by Gasteiger charge is 2.09. The molecule has 2 N–H and O–H groups in total. The van der Waals surface area contributed by atoms with E-state index in [1.165, 1.54) is 11.8 Å². The van der Waals surface area contributed by atoms with Crippen molar-refractivity contribution in [3.8, 4) is 0 Å². The van der Waals surface area contributed by atoms with E-state index in [9.17, 15) is 0 Å². The second-order valence-corrected chi connectivity index (χ2v) is 4.93. The van der Waals surface area contributed by atoms with E-state index >= 15 is 0 Å². The molecule has 13 heavy (non-hydrogen) atoms. The van der Waals surface area contributed by atoms with Crippen molar-refractivity contribution in [1.82, 2.24) is 9.97 Å². The van der Waals surface area contributed by atoms with E-state index in [0.29, 0.717) is 10.4 Å². The fourth-order valence-corrected chi connectivity index (χ4v) is 1.86. The van der Waals surface area contributed by atoms with Crippen LogP contribution in [-0.2, 0) is 0 Å². The first-order valence-electron chi connectivity index (χ1n) is 3.66. The summed E-state index contributed by atoms with van der Waals surface area (Å²) in [6.45, 7) is 4.07. The lowest BCUT2D eigenvalue weighted by atomic mass is 10.6. The number of anilines is 1. The third-order valence-corrected chi connectivity index (χ3v) is 2.61. The average Bonchev–Trinajstić information content (AvgIpc) is 1.98. The van der Waals surface area contributed by atoms with E-state index in [1.54, 1.807) is 0 Å². The van der Waals surface area contributed by atoms with Crippen LogP contribution in [0.5, 0.6) is 0 Å². The first-order valence-corrected chi connectivity index (χ1v) is 5.29. The topological polar surface area (TPSA) is 51.8 Å². The van der Waals surface area contributed by atoms with Crippen molar-refractivity contribution >= 4 is 40.7 Å². The molecular weight excluding hydrogens is 229 g/mol. The number of nitrogens with zero attached hydrogens (tertiary/aromatic N) is 2. The van der Waals surface area contributed by atoms with Crippen molar-refractivity contribution in [3.05, 3.63) is 10.3 Å². The highest BCUT2D eigenvalue weighted by atomic mass is 35.5. The Hall–Kier alpha value is -0.190. The van der Waals surface area contributed by atoms with E-state index in [4.69, 9.17) is 28.9 Å². The van der Waals surface area contributed by atoms with Gasteiger partial charge in [0, 0.05) is 5.25 Å². The Morgan fingerprint density at radius 1 is 1.23 bits per heavy atom. The van der Waals surface area contributed by atoms with Crippen molar-refractivity contribution in [3.63, 3.8) is 0 Å². The van der Waals surface area contributed by atoms with Gasteiger partial charge in [-0.2, -0.15) is 0 Å². The summed E-state index contributed by atoms with van der Waals surface area (Å²) in [5.74, 6) is 0. The van der Waals surface area contributed by atoms with Crippen LogP contribution in [0.4, 0.5) is 5.69 Å². The highest BCUT2D eigenvalue weighted by Crippen LogP contribution is 2.28. The molecule has 0 aliphatic rings. The van der Waals surface area contributed by atoms with Gasteiger partial charge >= 0.3 is 0 Å². The highest BCUT2D eigenvalue weighted by molar-refractivity contribution is 7.99. The molecule has 0 amide bonds. The Morgan fingerprint density at radius 2 is 1.69 bits per heavy atom. The largest absolute Gasteiger partial charge is 0.394 e. The van der Waals surface area contributed by atoms with Crippen LogP contribution < -0.4 is 5.73 Å². The predicted molar refractivity (Wildman–Crippen MR) is 57.5 cm³/mol. The number of hydrogen-bond donors (Lipinski definition) is 1. The van der Waals surface area contributed by atoms with Gasteiger partial charge in [0.1, 0.15) is 5.69 Å². The summed E-state index contributed by atoms with van der Waals surface area (Å²) in [4.78, 5) is 7.96. The van der Waals surface area contributed by atoms with Crippen LogP contribution in [0, 0.1) is 0 Å². The van der Waals surface area contributed by atoms with E-state index in [-0.39, 0.29) is 16.0 Å². The molecule has 6 heteroatoms. The van der Waals surface area contributed by atoms with Gasteiger partial charge in [-0.25, -0.2) is 9.97 Å². The number of thioether (sulfide) groups is 1. The minimum absolute atomic E-state index is 0.211. The van der Waals surface area contributed by atoms with Crippen molar-refractivity contribution in [2.75, 3.05) is 5.73 Å². The van der Waals surface area contributed by atoms with Crippen molar-refractivity contribution in [2.45, 2.75) is 24.3 Å². The molecule has 0 unspecified atom stereocenters. The van der Waals surface area contributed by atoms with Gasteiger partial charge in [-0.1, -0.05) is 48.8 Å². The number of nitrogen functional groups attached to an aromatic ring is 1. The first kappa shape index (κ1) is 10.9. The molecular formula is C7H9Cl2N3S. The Labute approximate surface area is 91.0 Å². The maximum absolute atomic E-state index is 5.73. The van der Waals surface area contributed by atoms with Crippen molar-refractivity contribution < 1.29 is 0 Å². The number of halogens is 2. The quantitative estimate of drug-likeness (QED) is 0.489. The van der Waals surface area contributed by atoms with Crippen LogP contribution in [0.2, 0.25) is 10.3 Å². The van der Waals surface area contributed by atoms with Crippen LogP contribution in [0.15, 0.2) is 5.16 Å². The zero-order valence-corrected chi connectivity index (χ0v) is 9.54. The second-order valence-electron chi connectivity index (χ2n) is 2.67. The van der Waals surface area contributed by atoms with Crippen molar-refractivity contribution in [2.24, 2.45) is 0 Å². The summed E-state index contributed by atoms with van der Waals surface area (Å²) in [6.07, 6.45) is 0. The first-order chi connectivity index (χ1) is 6.00. The Bertz CT molecular complexity index is 294. The molecule has 0 aliphatic heterocycles. The number of rotatable bonds is 2. The molecule has 0 radical (unpaired) electrons. The van der Waals surface area contributed by atoms with Gasteiger partial charge in [-0.15, -0.1) is 0 Å². The molecule has 1 rings (SSSR count). The number of nitrogens with two attached hydrogens (primary N) is 1. The molecule has 0 fully saturated rings. The third kappa shape index (κ3) is 2.90. The van der Waals surface area contributed by atoms with Crippen LogP contribution in [0.25, 0.3) is 0 Å².